The van der Waals surface area contributed by atoms with Crippen LogP contribution < -0.4 is 5.32 Å². The molecule has 1 heterocycles. The number of rotatable bonds is 2. The van der Waals surface area contributed by atoms with Gasteiger partial charge in [0.2, 0.25) is 17.7 Å². The zero-order chi connectivity index (χ0) is 11.4. The van der Waals surface area contributed by atoms with Crippen LogP contribution >= 0.6 is 0 Å². The number of nitrogens with one attached hydrogen (secondary N) is 1. The minimum absolute atomic E-state index is 0.115. The van der Waals surface area contributed by atoms with E-state index in [0.29, 0.717) is 0 Å². The van der Waals surface area contributed by atoms with Crippen molar-refractivity contribution in [1.82, 2.24) is 10.2 Å². The second kappa shape index (κ2) is 4.54. The highest BCUT2D eigenvalue weighted by molar-refractivity contribution is 6.05. The van der Waals surface area contributed by atoms with Crippen LogP contribution in [-0.4, -0.2) is 42.4 Å². The van der Waals surface area contributed by atoms with Gasteiger partial charge in [-0.05, 0) is 0 Å². The summed E-state index contributed by atoms with van der Waals surface area (Å²) in [7, 11) is 1.11. The number of carbonyl (C=O) groups is 4. The summed E-state index contributed by atoms with van der Waals surface area (Å²) in [5.41, 5.74) is 0. The standard InChI is InChI=1S/C8H10N2O5/c1-15-8(14)9-5(11)4-10-6(12)2-3-7(10)13/h2-4H2,1H3,(H,9,11,14). The van der Waals surface area contributed by atoms with E-state index < -0.39 is 30.4 Å². The molecule has 0 saturated carbocycles. The van der Waals surface area contributed by atoms with E-state index in [1.54, 1.807) is 0 Å². The van der Waals surface area contributed by atoms with Crippen molar-refractivity contribution in [2.45, 2.75) is 12.8 Å². The van der Waals surface area contributed by atoms with Crippen LogP contribution in [0.15, 0.2) is 0 Å². The molecule has 4 amide bonds. The number of hydrogen-bond acceptors (Lipinski definition) is 5. The zero-order valence-corrected chi connectivity index (χ0v) is 8.11. The predicted octanol–water partition coefficient (Wildman–Crippen LogP) is -0.982. The van der Waals surface area contributed by atoms with Gasteiger partial charge in [-0.2, -0.15) is 0 Å². The van der Waals surface area contributed by atoms with Gasteiger partial charge in [-0.15, -0.1) is 0 Å². The van der Waals surface area contributed by atoms with Crippen LogP contribution in [0.5, 0.6) is 0 Å². The SMILES string of the molecule is COC(=O)NC(=O)CN1C(=O)CCC1=O. The van der Waals surface area contributed by atoms with Gasteiger partial charge in [0, 0.05) is 12.8 Å². The molecule has 0 bridgehead atoms. The highest BCUT2D eigenvalue weighted by Crippen LogP contribution is 2.10. The lowest BCUT2D eigenvalue weighted by Crippen LogP contribution is -2.42. The summed E-state index contributed by atoms with van der Waals surface area (Å²) in [4.78, 5) is 44.7. The Morgan fingerprint density at radius 3 is 2.33 bits per heavy atom. The van der Waals surface area contributed by atoms with Gasteiger partial charge in [0.1, 0.15) is 6.54 Å². The van der Waals surface area contributed by atoms with Crippen LogP contribution in [0.3, 0.4) is 0 Å². The van der Waals surface area contributed by atoms with Crippen molar-refractivity contribution in [3.05, 3.63) is 0 Å². The molecule has 0 aromatic heterocycles. The number of amides is 4. The van der Waals surface area contributed by atoms with Crippen LogP contribution in [0.2, 0.25) is 0 Å². The molecule has 0 spiro atoms. The quantitative estimate of drug-likeness (QED) is 0.596. The molecule has 1 fully saturated rings. The van der Waals surface area contributed by atoms with Gasteiger partial charge >= 0.3 is 6.09 Å². The molecule has 1 N–H and O–H groups in total. The predicted molar refractivity (Wildman–Crippen MR) is 46.5 cm³/mol. The molecule has 0 aromatic rings. The van der Waals surface area contributed by atoms with Crippen LogP contribution in [0.4, 0.5) is 4.79 Å². The number of hydrogen-bond donors (Lipinski definition) is 1. The molecule has 7 heteroatoms. The molecule has 0 aliphatic carbocycles. The first-order valence-corrected chi connectivity index (χ1v) is 4.25. The summed E-state index contributed by atoms with van der Waals surface area (Å²) < 4.78 is 4.18. The van der Waals surface area contributed by atoms with E-state index in [9.17, 15) is 19.2 Å². The molecule has 1 aliphatic heterocycles. The summed E-state index contributed by atoms with van der Waals surface area (Å²) in [5.74, 6) is -1.55. The lowest BCUT2D eigenvalue weighted by molar-refractivity contribution is -0.142. The van der Waals surface area contributed by atoms with E-state index in [1.165, 1.54) is 0 Å². The third-order valence-electron chi connectivity index (χ3n) is 1.88. The molecule has 7 nitrogen and oxygen atoms in total. The van der Waals surface area contributed by atoms with E-state index in [-0.39, 0.29) is 12.8 Å². The molecule has 0 aromatic carbocycles. The third kappa shape index (κ3) is 2.76. The van der Waals surface area contributed by atoms with Gasteiger partial charge in [-0.1, -0.05) is 0 Å². The smallest absolute Gasteiger partial charge is 0.413 e. The van der Waals surface area contributed by atoms with Gasteiger partial charge in [-0.25, -0.2) is 4.79 Å². The van der Waals surface area contributed by atoms with Crippen LogP contribution in [-0.2, 0) is 19.1 Å². The Hall–Kier alpha value is -1.92. The van der Waals surface area contributed by atoms with Crippen molar-refractivity contribution in [2.75, 3.05) is 13.7 Å². The maximum atomic E-state index is 11.1. The van der Waals surface area contributed by atoms with Crippen molar-refractivity contribution in [3.8, 4) is 0 Å². The van der Waals surface area contributed by atoms with Gasteiger partial charge < -0.3 is 4.74 Å². The largest absolute Gasteiger partial charge is 0.453 e. The number of ether oxygens (including phenoxy) is 1. The number of nitrogens with zero attached hydrogens (tertiary/aromatic N) is 1. The van der Waals surface area contributed by atoms with Gasteiger partial charge in [-0.3, -0.25) is 24.6 Å². The van der Waals surface area contributed by atoms with E-state index in [4.69, 9.17) is 0 Å². The average molecular weight is 214 g/mol. The summed E-state index contributed by atoms with van der Waals surface area (Å²) in [6.45, 7) is -0.438. The summed E-state index contributed by atoms with van der Waals surface area (Å²) in [6, 6.07) is 0. The van der Waals surface area contributed by atoms with Crippen molar-refractivity contribution in [2.24, 2.45) is 0 Å². The lowest BCUT2D eigenvalue weighted by atomic mass is 10.4. The topological polar surface area (TPSA) is 92.8 Å². The fourth-order valence-corrected chi connectivity index (χ4v) is 1.15. The minimum Gasteiger partial charge on any atom is -0.453 e. The van der Waals surface area contributed by atoms with E-state index >= 15 is 0 Å². The lowest BCUT2D eigenvalue weighted by Gasteiger charge is -2.12. The Labute approximate surface area is 85.4 Å². The first-order chi connectivity index (χ1) is 7.04. The van der Waals surface area contributed by atoms with E-state index in [1.807, 2.05) is 5.32 Å². The van der Waals surface area contributed by atoms with Crippen LogP contribution in [0, 0.1) is 0 Å². The van der Waals surface area contributed by atoms with Crippen LogP contribution in [0.1, 0.15) is 12.8 Å². The fourth-order valence-electron chi connectivity index (χ4n) is 1.15. The maximum absolute atomic E-state index is 11.1. The molecule has 1 aliphatic rings. The highest BCUT2D eigenvalue weighted by Gasteiger charge is 2.30. The Kier molecular flexibility index (Phi) is 3.37. The number of likely N-dealkylation sites (tertiary alicyclic amines) is 1. The summed E-state index contributed by atoms with van der Waals surface area (Å²) in [6.07, 6.45) is -0.687. The molecular weight excluding hydrogens is 204 g/mol. The number of methoxy groups -OCH3 is 1. The first kappa shape index (κ1) is 11.2. The number of carbonyl (C=O) groups excluding carboxylic acids is 4. The van der Waals surface area contributed by atoms with Crippen molar-refractivity contribution >= 4 is 23.8 Å². The summed E-state index contributed by atoms with van der Waals surface area (Å²) in [5, 5.41) is 1.85. The minimum atomic E-state index is -0.918. The Morgan fingerprint density at radius 1 is 1.33 bits per heavy atom. The Bertz CT molecular complexity index is 309. The second-order valence-corrected chi connectivity index (χ2v) is 2.91. The Morgan fingerprint density at radius 2 is 1.87 bits per heavy atom. The highest BCUT2D eigenvalue weighted by atomic mass is 16.5. The normalized spacial score (nSPS) is 15.4. The molecule has 1 rings (SSSR count). The van der Waals surface area contributed by atoms with Gasteiger partial charge in [0.05, 0.1) is 7.11 Å². The van der Waals surface area contributed by atoms with Crippen molar-refractivity contribution < 1.29 is 23.9 Å². The number of imide groups is 2. The third-order valence-corrected chi connectivity index (χ3v) is 1.88. The molecule has 82 valence electrons. The van der Waals surface area contributed by atoms with E-state index in [2.05, 4.69) is 4.74 Å². The zero-order valence-electron chi connectivity index (χ0n) is 8.11. The van der Waals surface area contributed by atoms with Crippen molar-refractivity contribution in [3.63, 3.8) is 0 Å². The Balaban J connectivity index is 2.47. The first-order valence-electron chi connectivity index (χ1n) is 4.25. The molecule has 15 heavy (non-hydrogen) atoms. The van der Waals surface area contributed by atoms with Gasteiger partial charge in [0.15, 0.2) is 0 Å². The maximum Gasteiger partial charge on any atom is 0.413 e. The summed E-state index contributed by atoms with van der Waals surface area (Å²) >= 11 is 0. The van der Waals surface area contributed by atoms with Gasteiger partial charge in [0.25, 0.3) is 0 Å². The fraction of sp³-hybridized carbons (Fsp3) is 0.500. The molecule has 0 atom stereocenters. The molecular formula is C8H10N2O5. The second-order valence-electron chi connectivity index (χ2n) is 2.91. The molecule has 1 saturated heterocycles. The number of alkyl carbamates (subject to hydrolysis) is 1. The van der Waals surface area contributed by atoms with Crippen molar-refractivity contribution in [1.29, 1.82) is 0 Å². The molecule has 0 radical (unpaired) electrons. The molecule has 0 unspecified atom stereocenters. The average Bonchev–Trinajstić information content (AvgIpc) is 2.49. The monoisotopic (exact) mass is 214 g/mol. The van der Waals surface area contributed by atoms with Crippen LogP contribution in [0.25, 0.3) is 0 Å². The van der Waals surface area contributed by atoms with E-state index in [0.717, 1.165) is 12.0 Å².